The van der Waals surface area contributed by atoms with E-state index in [0.717, 1.165) is 38.1 Å². The molecule has 0 radical (unpaired) electrons. The molecule has 132 valence electrons. The molecule has 3 heterocycles. The van der Waals surface area contributed by atoms with E-state index < -0.39 is 0 Å². The predicted octanol–water partition coefficient (Wildman–Crippen LogP) is 1.77. The summed E-state index contributed by atoms with van der Waals surface area (Å²) in [6, 6.07) is 10.9. The summed E-state index contributed by atoms with van der Waals surface area (Å²) in [7, 11) is 0. The second kappa shape index (κ2) is 7.52. The van der Waals surface area contributed by atoms with Crippen LogP contribution < -0.4 is 0 Å². The zero-order valence-electron chi connectivity index (χ0n) is 14.9. The van der Waals surface area contributed by atoms with E-state index in [-0.39, 0.29) is 0 Å². The maximum Gasteiger partial charge on any atom is 0.0674 e. The minimum Gasteiger partial charge on any atom is -0.376 e. The molecule has 0 aromatic heterocycles. The van der Waals surface area contributed by atoms with Crippen molar-refractivity contribution in [3.8, 4) is 0 Å². The number of benzene rings is 1. The quantitative estimate of drug-likeness (QED) is 0.819. The summed E-state index contributed by atoms with van der Waals surface area (Å²) in [5.41, 5.74) is 1.45. The molecule has 0 bridgehead atoms. The molecule has 24 heavy (non-hydrogen) atoms. The van der Waals surface area contributed by atoms with Crippen molar-refractivity contribution in [1.29, 1.82) is 0 Å². The van der Waals surface area contributed by atoms with Crippen LogP contribution in [0.4, 0.5) is 0 Å². The highest BCUT2D eigenvalue weighted by Gasteiger charge is 2.39. The van der Waals surface area contributed by atoms with Gasteiger partial charge in [0.05, 0.1) is 12.7 Å². The number of ether oxygens (including phenoxy) is 1. The molecule has 4 nitrogen and oxygen atoms in total. The van der Waals surface area contributed by atoms with Gasteiger partial charge in [-0.25, -0.2) is 0 Å². The minimum absolute atomic E-state index is 0.406. The molecule has 0 N–H and O–H groups in total. The van der Waals surface area contributed by atoms with Gasteiger partial charge >= 0.3 is 0 Å². The lowest BCUT2D eigenvalue weighted by Crippen LogP contribution is -2.44. The average molecular weight is 329 g/mol. The second-order valence-electron chi connectivity index (χ2n) is 7.94. The number of hydrogen-bond acceptors (Lipinski definition) is 4. The van der Waals surface area contributed by atoms with Crippen LogP contribution >= 0.6 is 0 Å². The smallest absolute Gasteiger partial charge is 0.0674 e. The van der Waals surface area contributed by atoms with Crippen LogP contribution in [0.3, 0.4) is 0 Å². The van der Waals surface area contributed by atoms with E-state index in [9.17, 15) is 0 Å². The zero-order chi connectivity index (χ0) is 16.4. The monoisotopic (exact) mass is 329 g/mol. The van der Waals surface area contributed by atoms with Crippen molar-refractivity contribution in [2.24, 2.45) is 11.8 Å². The Morgan fingerprint density at radius 1 is 0.875 bits per heavy atom. The van der Waals surface area contributed by atoms with Crippen LogP contribution in [0, 0.1) is 11.8 Å². The fourth-order valence-electron chi connectivity index (χ4n) is 4.72. The number of likely N-dealkylation sites (tertiary alicyclic amines) is 2. The van der Waals surface area contributed by atoms with Crippen molar-refractivity contribution in [3.63, 3.8) is 0 Å². The summed E-state index contributed by atoms with van der Waals surface area (Å²) in [6.07, 6.45) is 0.406. The molecule has 1 aromatic carbocycles. The van der Waals surface area contributed by atoms with Gasteiger partial charge in [0.1, 0.15) is 0 Å². The number of fused-ring (bicyclic) bond motifs is 1. The largest absolute Gasteiger partial charge is 0.376 e. The van der Waals surface area contributed by atoms with E-state index >= 15 is 0 Å². The van der Waals surface area contributed by atoms with Gasteiger partial charge in [0, 0.05) is 58.9 Å². The summed E-state index contributed by atoms with van der Waals surface area (Å²) in [5.74, 6) is 1.77. The van der Waals surface area contributed by atoms with Crippen molar-refractivity contribution in [1.82, 2.24) is 14.7 Å². The van der Waals surface area contributed by atoms with Gasteiger partial charge in [-0.3, -0.25) is 9.80 Å². The third kappa shape index (κ3) is 3.99. The van der Waals surface area contributed by atoms with Crippen LogP contribution in [0.25, 0.3) is 0 Å². The minimum atomic E-state index is 0.406. The Balaban J connectivity index is 1.20. The van der Waals surface area contributed by atoms with Crippen LogP contribution in [0.1, 0.15) is 12.5 Å². The molecule has 0 spiro atoms. The number of morpholine rings is 1. The van der Waals surface area contributed by atoms with E-state index in [1.807, 2.05) is 0 Å². The van der Waals surface area contributed by atoms with Crippen LogP contribution in [0.5, 0.6) is 0 Å². The van der Waals surface area contributed by atoms with E-state index in [4.69, 9.17) is 4.74 Å². The highest BCUT2D eigenvalue weighted by atomic mass is 16.5. The molecule has 0 saturated carbocycles. The lowest BCUT2D eigenvalue weighted by Gasteiger charge is -2.32. The molecule has 3 aliphatic heterocycles. The summed E-state index contributed by atoms with van der Waals surface area (Å²) in [4.78, 5) is 7.94. The molecule has 3 fully saturated rings. The van der Waals surface area contributed by atoms with Crippen LogP contribution in [0.2, 0.25) is 0 Å². The Labute approximate surface area is 146 Å². The third-order valence-corrected chi connectivity index (χ3v) is 5.94. The van der Waals surface area contributed by atoms with Gasteiger partial charge in [-0.05, 0) is 24.3 Å². The van der Waals surface area contributed by atoms with E-state index in [1.165, 1.54) is 44.8 Å². The van der Waals surface area contributed by atoms with Gasteiger partial charge in [0.15, 0.2) is 0 Å². The normalized spacial score (nSPS) is 32.3. The highest BCUT2D eigenvalue weighted by molar-refractivity contribution is 5.15. The highest BCUT2D eigenvalue weighted by Crippen LogP contribution is 2.31. The van der Waals surface area contributed by atoms with Crippen LogP contribution in [-0.2, 0) is 11.3 Å². The van der Waals surface area contributed by atoms with E-state index in [1.54, 1.807) is 0 Å². The summed E-state index contributed by atoms with van der Waals surface area (Å²) in [5, 5.41) is 0. The van der Waals surface area contributed by atoms with Gasteiger partial charge in [-0.2, -0.15) is 0 Å². The van der Waals surface area contributed by atoms with Gasteiger partial charge in [-0.1, -0.05) is 30.3 Å². The lowest BCUT2D eigenvalue weighted by molar-refractivity contribution is -0.0203. The fraction of sp³-hybridized carbons (Fsp3) is 0.700. The molecular formula is C20H31N3O. The standard InChI is InChI=1S/C20H31N3O/c1-17-11-21(9-10-24-17)7-8-22-13-19-15-23(16-20(19)14-22)12-18-5-3-2-4-6-18/h2-6,17,19-20H,7-16H2,1H3/t17-,19-,20+/m0/s1. The molecular weight excluding hydrogens is 298 g/mol. The Bertz CT molecular complexity index is 509. The molecule has 4 rings (SSSR count). The second-order valence-corrected chi connectivity index (χ2v) is 7.94. The molecule has 0 amide bonds. The first kappa shape index (κ1) is 16.5. The summed E-state index contributed by atoms with van der Waals surface area (Å²) in [6.45, 7) is 14.0. The number of hydrogen-bond donors (Lipinski definition) is 0. The molecule has 1 aromatic rings. The number of rotatable bonds is 5. The maximum atomic E-state index is 5.64. The third-order valence-electron chi connectivity index (χ3n) is 5.94. The first-order valence-corrected chi connectivity index (χ1v) is 9.59. The van der Waals surface area contributed by atoms with Gasteiger partial charge in [0.2, 0.25) is 0 Å². The molecule has 3 saturated heterocycles. The van der Waals surface area contributed by atoms with Crippen molar-refractivity contribution in [3.05, 3.63) is 35.9 Å². The Morgan fingerprint density at radius 2 is 1.54 bits per heavy atom. The Hall–Kier alpha value is -0.940. The van der Waals surface area contributed by atoms with E-state index in [2.05, 4.69) is 52.0 Å². The van der Waals surface area contributed by atoms with Crippen LogP contribution in [0.15, 0.2) is 30.3 Å². The van der Waals surface area contributed by atoms with Crippen molar-refractivity contribution in [2.75, 3.05) is 59.0 Å². The van der Waals surface area contributed by atoms with E-state index in [0.29, 0.717) is 6.10 Å². The predicted molar refractivity (Wildman–Crippen MR) is 97.0 cm³/mol. The fourth-order valence-corrected chi connectivity index (χ4v) is 4.72. The molecule has 0 aliphatic carbocycles. The van der Waals surface area contributed by atoms with Crippen molar-refractivity contribution < 1.29 is 4.74 Å². The van der Waals surface area contributed by atoms with Gasteiger partial charge < -0.3 is 9.64 Å². The first-order valence-electron chi connectivity index (χ1n) is 9.59. The lowest BCUT2D eigenvalue weighted by atomic mass is 10.0. The Morgan fingerprint density at radius 3 is 2.25 bits per heavy atom. The number of nitrogens with zero attached hydrogens (tertiary/aromatic N) is 3. The maximum absolute atomic E-state index is 5.64. The first-order chi connectivity index (χ1) is 11.8. The molecule has 3 atom stereocenters. The van der Waals surface area contributed by atoms with Gasteiger partial charge in [-0.15, -0.1) is 0 Å². The van der Waals surface area contributed by atoms with Crippen molar-refractivity contribution >= 4 is 0 Å². The Kier molecular flexibility index (Phi) is 5.18. The van der Waals surface area contributed by atoms with Crippen LogP contribution in [-0.4, -0.2) is 79.8 Å². The summed E-state index contributed by atoms with van der Waals surface area (Å²) >= 11 is 0. The molecule has 3 aliphatic rings. The zero-order valence-corrected chi connectivity index (χ0v) is 14.9. The molecule has 0 unspecified atom stereocenters. The summed E-state index contributed by atoms with van der Waals surface area (Å²) < 4.78 is 5.64. The molecule has 4 heteroatoms. The topological polar surface area (TPSA) is 19.0 Å². The van der Waals surface area contributed by atoms with Crippen molar-refractivity contribution in [2.45, 2.75) is 19.6 Å². The van der Waals surface area contributed by atoms with Gasteiger partial charge in [0.25, 0.3) is 0 Å². The SMILES string of the molecule is C[C@H]1CN(CCN2C[C@@H]3CN(Cc4ccccc4)C[C@@H]3C2)CCO1. The average Bonchev–Trinajstić information content (AvgIpc) is 3.12.